The molecule has 0 saturated heterocycles. The third-order valence-electron chi connectivity index (χ3n) is 3.36. The van der Waals surface area contributed by atoms with E-state index in [2.05, 4.69) is 5.32 Å². The summed E-state index contributed by atoms with van der Waals surface area (Å²) in [5.41, 5.74) is 0.638. The molecule has 0 atom stereocenters. The second-order valence-corrected chi connectivity index (χ2v) is 5.19. The maximum Gasteiger partial charge on any atom is 0.294 e. The van der Waals surface area contributed by atoms with Gasteiger partial charge in [-0.2, -0.15) is 0 Å². The molecule has 0 unspecified atom stereocenters. The summed E-state index contributed by atoms with van der Waals surface area (Å²) in [6, 6.07) is 14.5. The molecule has 3 rings (SSSR count). The van der Waals surface area contributed by atoms with E-state index >= 15 is 0 Å². The first-order valence-electron chi connectivity index (χ1n) is 8.01. The molecule has 6 nitrogen and oxygen atoms in total. The number of nitrogens with one attached hydrogen (secondary N) is 1. The number of amides is 1. The van der Waals surface area contributed by atoms with Gasteiger partial charge in [-0.3, -0.25) is 4.79 Å². The molecule has 2 aromatic rings. The van der Waals surface area contributed by atoms with Crippen molar-refractivity contribution >= 4 is 11.6 Å². The molecule has 0 spiro atoms. The Hall–Kier alpha value is -3.15. The molecular weight excluding hydrogens is 322 g/mol. The Morgan fingerprint density at radius 3 is 2.24 bits per heavy atom. The third kappa shape index (κ3) is 4.67. The molecule has 1 heterocycles. The Balaban J connectivity index is 1.58. The van der Waals surface area contributed by atoms with Crippen molar-refractivity contribution in [1.82, 2.24) is 0 Å². The summed E-state index contributed by atoms with van der Waals surface area (Å²) in [4.78, 5) is 12.0. The first-order chi connectivity index (χ1) is 12.2. The molecule has 1 amide bonds. The van der Waals surface area contributed by atoms with E-state index in [1.807, 2.05) is 31.2 Å². The van der Waals surface area contributed by atoms with E-state index in [1.165, 1.54) is 6.26 Å². The van der Waals surface area contributed by atoms with Crippen molar-refractivity contribution in [1.29, 1.82) is 0 Å². The van der Waals surface area contributed by atoms with Gasteiger partial charge < -0.3 is 24.3 Å². The molecule has 1 aliphatic rings. The van der Waals surface area contributed by atoms with Crippen LogP contribution in [0.5, 0.6) is 17.2 Å². The highest BCUT2D eigenvalue weighted by atomic mass is 16.6. The summed E-state index contributed by atoms with van der Waals surface area (Å²) in [5.74, 6) is 1.99. The molecule has 25 heavy (non-hydrogen) atoms. The maximum atomic E-state index is 12.0. The standard InChI is InChI=1S/C19H19NO5/c1-2-23-15-7-9-17(10-8-15)25-16-5-3-14(4-6-16)20-19(21)18-13-22-11-12-24-18/h3-10,13H,2,11-12H2,1H3,(H,20,21). The fraction of sp³-hybridized carbons (Fsp3) is 0.211. The molecule has 0 fully saturated rings. The minimum Gasteiger partial charge on any atom is -0.494 e. The van der Waals surface area contributed by atoms with Crippen LogP contribution >= 0.6 is 0 Å². The number of rotatable bonds is 6. The van der Waals surface area contributed by atoms with Crippen molar-refractivity contribution < 1.29 is 23.7 Å². The van der Waals surface area contributed by atoms with Gasteiger partial charge in [-0.15, -0.1) is 0 Å². The van der Waals surface area contributed by atoms with Crippen molar-refractivity contribution in [2.24, 2.45) is 0 Å². The molecule has 1 aliphatic heterocycles. The number of ether oxygens (including phenoxy) is 4. The molecule has 130 valence electrons. The van der Waals surface area contributed by atoms with Crippen LogP contribution in [0.4, 0.5) is 5.69 Å². The lowest BCUT2D eigenvalue weighted by atomic mass is 10.3. The Kier molecular flexibility index (Phi) is 5.41. The van der Waals surface area contributed by atoms with Gasteiger partial charge in [-0.1, -0.05) is 0 Å². The van der Waals surface area contributed by atoms with E-state index in [-0.39, 0.29) is 11.7 Å². The van der Waals surface area contributed by atoms with Gasteiger partial charge in [-0.05, 0) is 55.5 Å². The predicted octanol–water partition coefficient (Wildman–Crippen LogP) is 3.70. The van der Waals surface area contributed by atoms with Gasteiger partial charge in [0.05, 0.1) is 6.61 Å². The quantitative estimate of drug-likeness (QED) is 0.868. The van der Waals surface area contributed by atoms with Crippen molar-refractivity contribution in [2.45, 2.75) is 6.92 Å². The topological polar surface area (TPSA) is 66.0 Å². The number of carbonyl (C=O) groups excluding carboxylic acids is 1. The lowest BCUT2D eigenvalue weighted by Gasteiger charge is -2.15. The maximum absolute atomic E-state index is 12.0. The molecule has 0 aromatic heterocycles. The van der Waals surface area contributed by atoms with E-state index in [4.69, 9.17) is 18.9 Å². The minimum atomic E-state index is -0.347. The highest BCUT2D eigenvalue weighted by molar-refractivity contribution is 6.02. The monoisotopic (exact) mass is 341 g/mol. The van der Waals surface area contributed by atoms with Crippen molar-refractivity contribution in [3.63, 3.8) is 0 Å². The van der Waals surface area contributed by atoms with Crippen molar-refractivity contribution in [2.75, 3.05) is 25.1 Å². The van der Waals surface area contributed by atoms with Gasteiger partial charge >= 0.3 is 0 Å². The molecule has 2 aromatic carbocycles. The molecular formula is C19H19NO5. The summed E-state index contributed by atoms with van der Waals surface area (Å²) in [7, 11) is 0. The summed E-state index contributed by atoms with van der Waals surface area (Å²) >= 11 is 0. The number of anilines is 1. The zero-order valence-electron chi connectivity index (χ0n) is 13.9. The van der Waals surface area contributed by atoms with Crippen LogP contribution in [0.2, 0.25) is 0 Å². The van der Waals surface area contributed by atoms with Crippen LogP contribution in [0.15, 0.2) is 60.6 Å². The van der Waals surface area contributed by atoms with E-state index in [0.29, 0.717) is 37.0 Å². The van der Waals surface area contributed by atoms with Crippen LogP contribution < -0.4 is 14.8 Å². The highest BCUT2D eigenvalue weighted by Gasteiger charge is 2.15. The average Bonchev–Trinajstić information content (AvgIpc) is 2.66. The molecule has 1 N–H and O–H groups in total. The molecule has 0 bridgehead atoms. The zero-order chi connectivity index (χ0) is 17.5. The second kappa shape index (κ2) is 8.10. The third-order valence-corrected chi connectivity index (χ3v) is 3.36. The Morgan fingerprint density at radius 1 is 1.00 bits per heavy atom. The van der Waals surface area contributed by atoms with Crippen LogP contribution in [0.1, 0.15) is 6.92 Å². The van der Waals surface area contributed by atoms with Gasteiger partial charge in [0.15, 0.2) is 0 Å². The number of hydrogen-bond acceptors (Lipinski definition) is 5. The van der Waals surface area contributed by atoms with Crippen molar-refractivity contribution in [3.05, 3.63) is 60.6 Å². The van der Waals surface area contributed by atoms with Crippen LogP contribution in [-0.2, 0) is 14.3 Å². The van der Waals surface area contributed by atoms with Crippen LogP contribution in [0.25, 0.3) is 0 Å². The smallest absolute Gasteiger partial charge is 0.294 e. The van der Waals surface area contributed by atoms with E-state index < -0.39 is 0 Å². The van der Waals surface area contributed by atoms with Gasteiger partial charge in [0, 0.05) is 5.69 Å². The summed E-state index contributed by atoms with van der Waals surface area (Å²) < 4.78 is 21.5. The first-order valence-corrected chi connectivity index (χ1v) is 8.01. The van der Waals surface area contributed by atoms with E-state index in [0.717, 1.165) is 5.75 Å². The second-order valence-electron chi connectivity index (χ2n) is 5.19. The summed E-state index contributed by atoms with van der Waals surface area (Å²) in [6.07, 6.45) is 1.32. The van der Waals surface area contributed by atoms with Crippen LogP contribution in [-0.4, -0.2) is 25.7 Å². The largest absolute Gasteiger partial charge is 0.494 e. The Labute approximate surface area is 146 Å². The first kappa shape index (κ1) is 16.7. The summed E-state index contributed by atoms with van der Waals surface area (Å²) in [6.45, 7) is 3.39. The normalized spacial score (nSPS) is 13.1. The van der Waals surface area contributed by atoms with Gasteiger partial charge in [0.2, 0.25) is 5.76 Å². The fourth-order valence-corrected chi connectivity index (χ4v) is 2.19. The van der Waals surface area contributed by atoms with E-state index in [1.54, 1.807) is 24.3 Å². The Bertz CT molecular complexity index is 737. The molecule has 0 saturated carbocycles. The fourth-order valence-electron chi connectivity index (χ4n) is 2.19. The zero-order valence-corrected chi connectivity index (χ0v) is 13.9. The SMILES string of the molecule is CCOc1ccc(Oc2ccc(NC(=O)C3=COCCO3)cc2)cc1. The predicted molar refractivity (Wildman–Crippen MR) is 92.7 cm³/mol. The molecule has 0 aliphatic carbocycles. The number of benzene rings is 2. The molecule has 6 heteroatoms. The highest BCUT2D eigenvalue weighted by Crippen LogP contribution is 2.25. The lowest BCUT2D eigenvalue weighted by Crippen LogP contribution is -2.21. The van der Waals surface area contributed by atoms with Gasteiger partial charge in [0.25, 0.3) is 5.91 Å². The van der Waals surface area contributed by atoms with Crippen molar-refractivity contribution in [3.8, 4) is 17.2 Å². The van der Waals surface area contributed by atoms with Crippen LogP contribution in [0, 0.1) is 0 Å². The van der Waals surface area contributed by atoms with Gasteiger partial charge in [0.1, 0.15) is 36.7 Å². The average molecular weight is 341 g/mol. The number of carbonyl (C=O) groups is 1. The summed E-state index contributed by atoms with van der Waals surface area (Å²) in [5, 5.41) is 2.74. The van der Waals surface area contributed by atoms with Crippen LogP contribution in [0.3, 0.4) is 0 Å². The lowest BCUT2D eigenvalue weighted by molar-refractivity contribution is -0.117. The Morgan fingerprint density at radius 2 is 1.64 bits per heavy atom. The van der Waals surface area contributed by atoms with Gasteiger partial charge in [-0.25, -0.2) is 0 Å². The minimum absolute atomic E-state index is 0.168. The molecule has 0 radical (unpaired) electrons. The number of hydrogen-bond donors (Lipinski definition) is 1. The van der Waals surface area contributed by atoms with E-state index in [9.17, 15) is 4.79 Å².